The normalized spacial score (nSPS) is 18.5. The van der Waals surface area contributed by atoms with Crippen LogP contribution in [0.4, 0.5) is 17.1 Å². The van der Waals surface area contributed by atoms with Crippen LogP contribution in [-0.2, 0) is 30.2 Å². The van der Waals surface area contributed by atoms with Crippen LogP contribution in [0.15, 0.2) is 99.4 Å². The fourth-order valence-electron chi connectivity index (χ4n) is 8.95. The highest BCUT2D eigenvalue weighted by Crippen LogP contribution is 2.43. The molecule has 3 aromatic carbocycles. The second kappa shape index (κ2) is 19.9. The van der Waals surface area contributed by atoms with Gasteiger partial charge in [-0.25, -0.2) is 26.5 Å². The summed E-state index contributed by atoms with van der Waals surface area (Å²) in [7, 11) is -11.3. The van der Waals surface area contributed by atoms with Gasteiger partial charge in [-0.15, -0.1) is 3.77 Å². The molecule has 2 fully saturated rings. The molecule has 0 bridgehead atoms. The summed E-state index contributed by atoms with van der Waals surface area (Å²) < 4.78 is 73.5. The maximum Gasteiger partial charge on any atom is 0.293 e. The van der Waals surface area contributed by atoms with E-state index in [4.69, 9.17) is 16.3 Å². The highest BCUT2D eigenvalue weighted by Gasteiger charge is 2.31. The molecule has 0 saturated carbocycles. The summed E-state index contributed by atoms with van der Waals surface area (Å²) in [4.78, 5) is 39.1. The van der Waals surface area contributed by atoms with E-state index in [-0.39, 0.29) is 40.5 Å². The molecule has 22 heteroatoms. The molecule has 0 spiro atoms. The molecule has 1 amide bonds. The lowest BCUT2D eigenvalue weighted by molar-refractivity contribution is -0.384. The predicted octanol–water partition coefficient (Wildman–Crippen LogP) is 7.05. The highest BCUT2D eigenvalue weighted by atomic mass is 35.5. The Morgan fingerprint density at radius 3 is 2.43 bits per heavy atom. The van der Waals surface area contributed by atoms with E-state index in [9.17, 15) is 36.3 Å². The van der Waals surface area contributed by atoms with Gasteiger partial charge in [0, 0.05) is 105 Å². The summed E-state index contributed by atoms with van der Waals surface area (Å²) >= 11 is 6.24. The molecule has 5 aromatic rings. The summed E-state index contributed by atoms with van der Waals surface area (Å²) in [6.07, 6.45) is 7.33. The summed E-state index contributed by atoms with van der Waals surface area (Å²) in [5.74, 6) is -0.175. The molecule has 4 heterocycles. The maximum absolute atomic E-state index is 14.0. The first-order valence-corrected chi connectivity index (χ1v) is 28.0. The van der Waals surface area contributed by atoms with E-state index in [1.54, 1.807) is 24.4 Å². The van der Waals surface area contributed by atoms with Crippen LogP contribution in [0.5, 0.6) is 11.5 Å². The Labute approximate surface area is 402 Å². The Bertz CT molecular complexity index is 3030. The number of nitro benzene ring substituents is 1. The Balaban J connectivity index is 0.962. The number of hydrogen-bond donors (Lipinski definition) is 5. The van der Waals surface area contributed by atoms with Crippen LogP contribution >= 0.6 is 11.6 Å². The molecule has 68 heavy (non-hydrogen) atoms. The van der Waals surface area contributed by atoms with E-state index in [0.717, 1.165) is 62.3 Å². The fourth-order valence-corrected chi connectivity index (χ4v) is 14.4. The molecule has 0 unspecified atom stereocenters. The van der Waals surface area contributed by atoms with Gasteiger partial charge in [-0.1, -0.05) is 53.3 Å². The summed E-state index contributed by atoms with van der Waals surface area (Å²) in [6, 6.07) is 20.0. The zero-order valence-corrected chi connectivity index (χ0v) is 41.3. The number of sulfonamides is 2. The molecule has 18 nitrogen and oxygen atoms in total. The summed E-state index contributed by atoms with van der Waals surface area (Å²) in [6.45, 7) is 9.90. The second-order valence-electron chi connectivity index (χ2n) is 18.3. The quantitative estimate of drug-likeness (QED) is 0.0402. The van der Waals surface area contributed by atoms with Crippen molar-refractivity contribution in [2.75, 3.05) is 86.9 Å². The number of ether oxygens (including phenoxy) is 1. The van der Waals surface area contributed by atoms with E-state index >= 15 is 0 Å². The van der Waals surface area contributed by atoms with Gasteiger partial charge in [0.15, 0.2) is 0 Å². The number of amides is 1. The molecular formula is C46H56ClN9O9S3. The van der Waals surface area contributed by atoms with Crippen molar-refractivity contribution in [3.63, 3.8) is 0 Å². The van der Waals surface area contributed by atoms with Crippen LogP contribution < -0.4 is 19.7 Å². The number of nitro groups is 1. The fraction of sp³-hybridized carbons (Fsp3) is 0.391. The van der Waals surface area contributed by atoms with Crippen LogP contribution in [0.2, 0.25) is 5.02 Å². The number of rotatable bonds is 15. The number of H-pyrrole nitrogens is 1. The van der Waals surface area contributed by atoms with Gasteiger partial charge in [0.05, 0.1) is 27.8 Å². The smallest absolute Gasteiger partial charge is 0.293 e. The molecule has 364 valence electrons. The molecular weight excluding hydrogens is 954 g/mol. The lowest BCUT2D eigenvalue weighted by Gasteiger charge is -2.39. The number of allylic oxidation sites excluding steroid dienone is 1. The number of anilines is 2. The molecule has 2 aromatic heterocycles. The standard InChI is InChI=1S/C46H56ClN9O9S3/c1-46(2)14-12-34(40(29-46)32-4-6-35(47)7-5-32)31-54-18-20-55(21-19-54)36-8-10-39(43(27-36)65-37-26-33-13-15-49-44(33)50-30-37)45(57)51-68(63,64)38-9-11-41(42(28-38)56(58)59)48-16-17-53-22-24-67(62,25-23-53)52-66(3,60)61/h4-11,13,15,26-28,30,48,67H,12,14,16-25,29,31H2,1-3H3,(H,49,50)(H,51,57)(H,52,62). The van der Waals surface area contributed by atoms with Gasteiger partial charge in [-0.05, 0) is 84.3 Å². The number of nitrogens with zero attached hydrogens (tertiary/aromatic N) is 6. The van der Waals surface area contributed by atoms with Crippen molar-refractivity contribution in [3.8, 4) is 11.5 Å². The van der Waals surface area contributed by atoms with Crippen molar-refractivity contribution in [2.24, 2.45) is 9.18 Å². The number of hydrogen-bond acceptors (Lipinski definition) is 13. The van der Waals surface area contributed by atoms with Gasteiger partial charge in [-0.3, -0.25) is 24.7 Å². The average molecular weight is 1010 g/mol. The Kier molecular flexibility index (Phi) is 14.3. The molecule has 2 saturated heterocycles. The van der Waals surface area contributed by atoms with Crippen LogP contribution in [0.3, 0.4) is 0 Å². The number of piperazine rings is 1. The second-order valence-corrected chi connectivity index (χ2v) is 25.2. The summed E-state index contributed by atoms with van der Waals surface area (Å²) in [5, 5.41) is 16.7. The molecule has 4 N–H and O–H groups in total. The largest absolute Gasteiger partial charge is 0.455 e. The topological polar surface area (TPSA) is 233 Å². The van der Waals surface area contributed by atoms with Crippen molar-refractivity contribution in [1.29, 1.82) is 0 Å². The van der Waals surface area contributed by atoms with Crippen molar-refractivity contribution >= 4 is 81.3 Å². The number of aromatic nitrogens is 2. The summed E-state index contributed by atoms with van der Waals surface area (Å²) in [5.41, 5.74) is 5.14. The van der Waals surface area contributed by atoms with Crippen molar-refractivity contribution in [1.82, 2.24) is 24.5 Å². The monoisotopic (exact) mass is 1010 g/mol. The van der Waals surface area contributed by atoms with E-state index in [1.807, 2.05) is 23.1 Å². The number of carbonyl (C=O) groups excluding carboxylic acids is 1. The number of thiol groups is 1. The number of halogens is 1. The number of nitrogens with one attached hydrogen (secondary N) is 3. The molecule has 8 rings (SSSR count). The minimum Gasteiger partial charge on any atom is -0.455 e. The first-order valence-electron chi connectivity index (χ1n) is 22.3. The zero-order valence-electron chi connectivity index (χ0n) is 38.0. The number of aromatic amines is 1. The number of fused-ring (bicyclic) bond motifs is 1. The third-order valence-electron chi connectivity index (χ3n) is 12.6. The van der Waals surface area contributed by atoms with E-state index in [2.05, 4.69) is 59.6 Å². The third-order valence-corrected chi connectivity index (χ3v) is 18.5. The van der Waals surface area contributed by atoms with Gasteiger partial charge in [0.2, 0.25) is 0 Å². The lowest BCUT2D eigenvalue weighted by Crippen LogP contribution is -2.47. The predicted molar refractivity (Wildman–Crippen MR) is 268 cm³/mol. The first-order chi connectivity index (χ1) is 32.2. The number of carbonyl (C=O) groups is 1. The average Bonchev–Trinajstić information content (AvgIpc) is 3.75. The van der Waals surface area contributed by atoms with Gasteiger partial charge >= 0.3 is 0 Å². The van der Waals surface area contributed by atoms with Crippen molar-refractivity contribution in [3.05, 3.63) is 117 Å². The number of benzene rings is 3. The Morgan fingerprint density at radius 1 is 0.985 bits per heavy atom. The Morgan fingerprint density at radius 2 is 1.72 bits per heavy atom. The maximum atomic E-state index is 14.0. The van der Waals surface area contributed by atoms with E-state index < -0.39 is 51.6 Å². The Hall–Kier alpha value is -5.42. The van der Waals surface area contributed by atoms with Gasteiger partial charge in [-0.2, -0.15) is 0 Å². The molecule has 0 atom stereocenters. The van der Waals surface area contributed by atoms with Gasteiger partial charge < -0.3 is 24.5 Å². The molecule has 3 aliphatic rings. The van der Waals surface area contributed by atoms with Crippen LogP contribution in [-0.4, -0.2) is 129 Å². The van der Waals surface area contributed by atoms with Crippen molar-refractivity contribution < 1.29 is 35.8 Å². The zero-order chi connectivity index (χ0) is 48.4. The number of pyridine rings is 1. The van der Waals surface area contributed by atoms with Gasteiger partial charge in [0.25, 0.3) is 31.6 Å². The van der Waals surface area contributed by atoms with Crippen LogP contribution in [0, 0.1) is 15.5 Å². The van der Waals surface area contributed by atoms with Crippen LogP contribution in [0.25, 0.3) is 16.6 Å². The molecule has 0 radical (unpaired) electrons. The minimum atomic E-state index is -4.64. The van der Waals surface area contributed by atoms with E-state index in [0.29, 0.717) is 49.1 Å². The lowest BCUT2D eigenvalue weighted by atomic mass is 9.72. The highest BCUT2D eigenvalue weighted by molar-refractivity contribution is 8.07. The van der Waals surface area contributed by atoms with Gasteiger partial charge in [0.1, 0.15) is 22.8 Å². The SMILES string of the molecule is CC1(C)CCC(CN2CCN(c3ccc(C(=O)NS(=O)(=O)c4ccc(NCCN5CC[SH](O)(=NS(C)(=O)=O)CC5)c([N+](=O)[O-])c4)c(Oc4cnc5[nH]ccc5c4)c3)CC2)=C(c2ccc(Cl)cc2)C1. The van der Waals surface area contributed by atoms with Crippen LogP contribution in [0.1, 0.15) is 49.0 Å². The van der Waals surface area contributed by atoms with Crippen molar-refractivity contribution in [2.45, 2.75) is 38.0 Å². The molecule has 2 aliphatic heterocycles. The van der Waals surface area contributed by atoms with E-state index in [1.165, 1.54) is 41.1 Å². The third kappa shape index (κ3) is 12.1. The molecule has 1 aliphatic carbocycles. The first kappa shape index (κ1) is 49.0. The minimum absolute atomic E-state index is 0.0614.